The molecule has 22 heavy (non-hydrogen) atoms. The molecule has 4 heteroatoms. The highest BCUT2D eigenvalue weighted by atomic mass is 16.5. The van der Waals surface area contributed by atoms with E-state index < -0.39 is 0 Å². The normalized spacial score (nSPS) is 10.0. The van der Waals surface area contributed by atoms with Crippen LogP contribution in [-0.2, 0) is 6.54 Å². The Labute approximate surface area is 130 Å². The molecule has 0 atom stereocenters. The van der Waals surface area contributed by atoms with Crippen molar-refractivity contribution < 1.29 is 14.6 Å². The lowest BCUT2D eigenvalue weighted by Gasteiger charge is -2.18. The second-order valence-electron chi connectivity index (χ2n) is 4.92. The number of nitrogens with zero attached hydrogens (tertiary/aromatic N) is 1. The van der Waals surface area contributed by atoms with Crippen LogP contribution in [0.2, 0.25) is 0 Å². The van der Waals surface area contributed by atoms with E-state index >= 15 is 0 Å². The number of aromatic hydroxyl groups is 1. The van der Waals surface area contributed by atoms with Crippen LogP contribution in [0.5, 0.6) is 11.5 Å². The fraction of sp³-hybridized carbons (Fsp3) is 0.167. The Morgan fingerprint density at radius 3 is 2.55 bits per heavy atom. The SMILES string of the molecule is C=CCOc1ccc(CN(C)C(=O)c2ccccc2O)cc1. The van der Waals surface area contributed by atoms with Crippen LogP contribution in [0.25, 0.3) is 0 Å². The standard InChI is InChI=1S/C18H19NO3/c1-3-12-22-15-10-8-14(9-11-15)13-19(2)18(21)16-6-4-5-7-17(16)20/h3-11,20H,1,12-13H2,2H3. The highest BCUT2D eigenvalue weighted by molar-refractivity contribution is 5.96. The third kappa shape index (κ3) is 3.88. The summed E-state index contributed by atoms with van der Waals surface area (Å²) in [5.74, 6) is 0.538. The fourth-order valence-electron chi connectivity index (χ4n) is 2.05. The molecule has 0 heterocycles. The Bertz CT molecular complexity index is 650. The molecule has 0 spiro atoms. The zero-order valence-electron chi connectivity index (χ0n) is 12.5. The van der Waals surface area contributed by atoms with Crippen LogP contribution in [0.3, 0.4) is 0 Å². The Morgan fingerprint density at radius 2 is 1.91 bits per heavy atom. The molecule has 0 aliphatic heterocycles. The highest BCUT2D eigenvalue weighted by Crippen LogP contribution is 2.19. The lowest BCUT2D eigenvalue weighted by Crippen LogP contribution is -2.26. The molecular formula is C18H19NO3. The average Bonchev–Trinajstić information content (AvgIpc) is 2.54. The zero-order chi connectivity index (χ0) is 15.9. The van der Waals surface area contributed by atoms with Crippen LogP contribution in [0.15, 0.2) is 61.2 Å². The van der Waals surface area contributed by atoms with Crippen molar-refractivity contribution in [1.82, 2.24) is 4.90 Å². The minimum Gasteiger partial charge on any atom is -0.507 e. The van der Waals surface area contributed by atoms with Gasteiger partial charge >= 0.3 is 0 Å². The van der Waals surface area contributed by atoms with Crippen LogP contribution in [0, 0.1) is 0 Å². The van der Waals surface area contributed by atoms with Gasteiger partial charge in [-0.2, -0.15) is 0 Å². The number of hydrogen-bond donors (Lipinski definition) is 1. The summed E-state index contributed by atoms with van der Waals surface area (Å²) in [6.45, 7) is 4.51. The van der Waals surface area contributed by atoms with Crippen LogP contribution in [0.1, 0.15) is 15.9 Å². The maximum Gasteiger partial charge on any atom is 0.257 e. The summed E-state index contributed by atoms with van der Waals surface area (Å²) < 4.78 is 5.42. The minimum absolute atomic E-state index is 0.00692. The van der Waals surface area contributed by atoms with Gasteiger partial charge in [0.15, 0.2) is 0 Å². The van der Waals surface area contributed by atoms with E-state index in [1.165, 1.54) is 6.07 Å². The lowest BCUT2D eigenvalue weighted by molar-refractivity contribution is 0.0782. The lowest BCUT2D eigenvalue weighted by atomic mass is 10.1. The molecule has 4 nitrogen and oxygen atoms in total. The topological polar surface area (TPSA) is 49.8 Å². The molecule has 0 unspecified atom stereocenters. The van der Waals surface area contributed by atoms with Crippen LogP contribution >= 0.6 is 0 Å². The first kappa shape index (κ1) is 15.6. The number of benzene rings is 2. The number of amides is 1. The smallest absolute Gasteiger partial charge is 0.257 e. The predicted octanol–water partition coefficient (Wildman–Crippen LogP) is 3.23. The molecule has 0 saturated heterocycles. The van der Waals surface area contributed by atoms with Gasteiger partial charge in [-0.15, -0.1) is 0 Å². The van der Waals surface area contributed by atoms with E-state index in [2.05, 4.69) is 6.58 Å². The van der Waals surface area contributed by atoms with E-state index in [1.54, 1.807) is 36.2 Å². The van der Waals surface area contributed by atoms with Crippen molar-refractivity contribution in [2.75, 3.05) is 13.7 Å². The quantitative estimate of drug-likeness (QED) is 0.833. The Kier molecular flexibility index (Phi) is 5.20. The van der Waals surface area contributed by atoms with Gasteiger partial charge < -0.3 is 14.7 Å². The van der Waals surface area contributed by atoms with Crippen molar-refractivity contribution in [3.8, 4) is 11.5 Å². The van der Waals surface area contributed by atoms with Crippen molar-refractivity contribution in [3.05, 3.63) is 72.3 Å². The molecule has 0 saturated carbocycles. The van der Waals surface area contributed by atoms with Crippen molar-refractivity contribution in [1.29, 1.82) is 0 Å². The number of rotatable bonds is 6. The molecule has 2 rings (SSSR count). The number of para-hydroxylation sites is 1. The zero-order valence-corrected chi connectivity index (χ0v) is 12.5. The summed E-state index contributed by atoms with van der Waals surface area (Å²) in [5, 5.41) is 9.74. The third-order valence-electron chi connectivity index (χ3n) is 3.19. The Hall–Kier alpha value is -2.75. The number of hydrogen-bond acceptors (Lipinski definition) is 3. The van der Waals surface area contributed by atoms with Crippen LogP contribution in [0.4, 0.5) is 0 Å². The number of carbonyl (C=O) groups excluding carboxylic acids is 1. The van der Waals surface area contributed by atoms with Crippen molar-refractivity contribution in [2.24, 2.45) is 0 Å². The van der Waals surface area contributed by atoms with E-state index in [0.29, 0.717) is 18.7 Å². The van der Waals surface area contributed by atoms with Crippen molar-refractivity contribution >= 4 is 5.91 Å². The average molecular weight is 297 g/mol. The van der Waals surface area contributed by atoms with Crippen molar-refractivity contribution in [3.63, 3.8) is 0 Å². The van der Waals surface area contributed by atoms with Crippen LogP contribution in [-0.4, -0.2) is 29.6 Å². The van der Waals surface area contributed by atoms with Crippen LogP contribution < -0.4 is 4.74 Å². The second-order valence-corrected chi connectivity index (χ2v) is 4.92. The molecule has 0 bridgehead atoms. The molecule has 0 aromatic heterocycles. The van der Waals surface area contributed by atoms with E-state index in [1.807, 2.05) is 24.3 Å². The largest absolute Gasteiger partial charge is 0.507 e. The van der Waals surface area contributed by atoms with Gasteiger partial charge in [0, 0.05) is 13.6 Å². The minimum atomic E-state index is -0.218. The first-order chi connectivity index (χ1) is 10.6. The third-order valence-corrected chi connectivity index (χ3v) is 3.19. The first-order valence-corrected chi connectivity index (χ1v) is 6.98. The second kappa shape index (κ2) is 7.31. The summed E-state index contributed by atoms with van der Waals surface area (Å²) in [5.41, 5.74) is 1.29. The number of phenolic OH excluding ortho intramolecular Hbond substituents is 1. The van der Waals surface area contributed by atoms with Gasteiger partial charge in [0.1, 0.15) is 18.1 Å². The van der Waals surface area contributed by atoms with E-state index in [9.17, 15) is 9.90 Å². The molecule has 0 aliphatic carbocycles. The summed E-state index contributed by atoms with van der Waals surface area (Å²) in [6, 6.07) is 14.1. The maximum atomic E-state index is 12.3. The summed E-state index contributed by atoms with van der Waals surface area (Å²) in [4.78, 5) is 13.9. The molecule has 1 N–H and O–H groups in total. The molecular weight excluding hydrogens is 278 g/mol. The number of ether oxygens (including phenoxy) is 1. The highest BCUT2D eigenvalue weighted by Gasteiger charge is 2.15. The van der Waals surface area contributed by atoms with E-state index in [4.69, 9.17) is 4.74 Å². The molecule has 2 aromatic rings. The Balaban J connectivity index is 2.02. The van der Waals surface area contributed by atoms with Gasteiger partial charge in [-0.25, -0.2) is 0 Å². The summed E-state index contributed by atoms with van der Waals surface area (Å²) in [7, 11) is 1.71. The first-order valence-electron chi connectivity index (χ1n) is 6.98. The molecule has 0 aliphatic rings. The molecule has 0 radical (unpaired) electrons. The monoisotopic (exact) mass is 297 g/mol. The van der Waals surface area contributed by atoms with Gasteiger partial charge in [-0.05, 0) is 29.8 Å². The fourth-order valence-corrected chi connectivity index (χ4v) is 2.05. The van der Waals surface area contributed by atoms with Gasteiger partial charge in [0.05, 0.1) is 5.56 Å². The molecule has 114 valence electrons. The molecule has 0 fully saturated rings. The summed E-state index contributed by atoms with van der Waals surface area (Å²) in [6.07, 6.45) is 1.69. The van der Waals surface area contributed by atoms with E-state index in [0.717, 1.165) is 11.3 Å². The Morgan fingerprint density at radius 1 is 1.23 bits per heavy atom. The van der Waals surface area contributed by atoms with E-state index in [-0.39, 0.29) is 11.7 Å². The number of carbonyl (C=O) groups is 1. The molecule has 2 aromatic carbocycles. The van der Waals surface area contributed by atoms with Gasteiger partial charge in [-0.1, -0.05) is 36.9 Å². The number of phenols is 1. The van der Waals surface area contributed by atoms with Gasteiger partial charge in [0.2, 0.25) is 0 Å². The van der Waals surface area contributed by atoms with Crippen molar-refractivity contribution in [2.45, 2.75) is 6.54 Å². The summed E-state index contributed by atoms with van der Waals surface area (Å²) >= 11 is 0. The molecule has 1 amide bonds. The van der Waals surface area contributed by atoms with Gasteiger partial charge in [-0.3, -0.25) is 4.79 Å². The van der Waals surface area contributed by atoms with Gasteiger partial charge in [0.25, 0.3) is 5.91 Å². The maximum absolute atomic E-state index is 12.3. The predicted molar refractivity (Wildman–Crippen MR) is 86.0 cm³/mol.